The van der Waals surface area contributed by atoms with E-state index in [1.807, 2.05) is 0 Å². The highest BCUT2D eigenvalue weighted by Crippen LogP contribution is 2.34. The van der Waals surface area contributed by atoms with Gasteiger partial charge in [0.05, 0.1) is 23.0 Å². The number of nitrogen functional groups attached to an aromatic ring is 1. The van der Waals surface area contributed by atoms with E-state index in [2.05, 4.69) is 4.98 Å². The Balaban J connectivity index is 2.42. The number of aryl methyl sites for hydroxylation is 1. The highest BCUT2D eigenvalue weighted by Gasteiger charge is 2.17. The highest BCUT2D eigenvalue weighted by molar-refractivity contribution is 5.53. The standard InChI is InChI=1S/C12H11N3O3/c1-8-3-2-4-11(15(16)17)12(8)18-10-5-9(13)6-14-7-10/h2-7H,13H2,1H3. The number of nitro benzene ring substituents is 1. The molecule has 0 aliphatic heterocycles. The molecule has 1 heterocycles. The average molecular weight is 245 g/mol. The van der Waals surface area contributed by atoms with Gasteiger partial charge in [-0.3, -0.25) is 15.1 Å². The molecule has 0 radical (unpaired) electrons. The van der Waals surface area contributed by atoms with Gasteiger partial charge in [0.1, 0.15) is 5.75 Å². The van der Waals surface area contributed by atoms with Crippen molar-refractivity contribution in [3.63, 3.8) is 0 Å². The molecule has 0 aliphatic rings. The van der Waals surface area contributed by atoms with E-state index in [0.29, 0.717) is 17.0 Å². The van der Waals surface area contributed by atoms with E-state index >= 15 is 0 Å². The second-order valence-corrected chi connectivity index (χ2v) is 3.74. The van der Waals surface area contributed by atoms with Crippen LogP contribution < -0.4 is 10.5 Å². The Morgan fingerprint density at radius 2 is 2.17 bits per heavy atom. The van der Waals surface area contributed by atoms with Gasteiger partial charge < -0.3 is 10.5 Å². The number of nitro groups is 1. The molecule has 0 unspecified atom stereocenters. The van der Waals surface area contributed by atoms with E-state index in [1.165, 1.54) is 18.5 Å². The molecular weight excluding hydrogens is 234 g/mol. The number of nitrogens with two attached hydrogens (primary N) is 1. The lowest BCUT2D eigenvalue weighted by Gasteiger charge is -2.08. The molecule has 0 bridgehead atoms. The van der Waals surface area contributed by atoms with Crippen LogP contribution in [-0.4, -0.2) is 9.91 Å². The summed E-state index contributed by atoms with van der Waals surface area (Å²) in [6.45, 7) is 1.74. The van der Waals surface area contributed by atoms with Gasteiger partial charge in [-0.1, -0.05) is 12.1 Å². The van der Waals surface area contributed by atoms with Gasteiger partial charge in [-0.15, -0.1) is 0 Å². The first-order valence-corrected chi connectivity index (χ1v) is 5.20. The van der Waals surface area contributed by atoms with Gasteiger partial charge in [0, 0.05) is 12.1 Å². The topological polar surface area (TPSA) is 91.3 Å². The third-order valence-electron chi connectivity index (χ3n) is 2.34. The van der Waals surface area contributed by atoms with Crippen LogP contribution in [0.5, 0.6) is 11.5 Å². The molecule has 0 saturated carbocycles. The van der Waals surface area contributed by atoms with Crippen molar-refractivity contribution in [1.29, 1.82) is 0 Å². The van der Waals surface area contributed by atoms with Crippen LogP contribution in [0.3, 0.4) is 0 Å². The molecule has 0 fully saturated rings. The summed E-state index contributed by atoms with van der Waals surface area (Å²) in [5, 5.41) is 10.9. The van der Waals surface area contributed by atoms with E-state index in [1.54, 1.807) is 25.1 Å². The molecule has 6 nitrogen and oxygen atoms in total. The molecule has 2 aromatic rings. The summed E-state index contributed by atoms with van der Waals surface area (Å²) < 4.78 is 5.50. The minimum atomic E-state index is -0.484. The van der Waals surface area contributed by atoms with Crippen molar-refractivity contribution in [3.05, 3.63) is 52.3 Å². The first-order chi connectivity index (χ1) is 8.58. The lowest BCUT2D eigenvalue weighted by atomic mass is 10.2. The van der Waals surface area contributed by atoms with Crippen molar-refractivity contribution >= 4 is 11.4 Å². The molecule has 18 heavy (non-hydrogen) atoms. The van der Waals surface area contributed by atoms with Crippen LogP contribution in [0.2, 0.25) is 0 Å². The Labute approximate surface area is 103 Å². The Kier molecular flexibility index (Phi) is 3.09. The maximum absolute atomic E-state index is 10.9. The number of para-hydroxylation sites is 1. The predicted molar refractivity (Wildman–Crippen MR) is 66.6 cm³/mol. The second-order valence-electron chi connectivity index (χ2n) is 3.74. The number of pyridine rings is 1. The quantitative estimate of drug-likeness (QED) is 0.663. The van der Waals surface area contributed by atoms with Crippen molar-refractivity contribution in [1.82, 2.24) is 4.98 Å². The van der Waals surface area contributed by atoms with Crippen molar-refractivity contribution in [2.75, 3.05) is 5.73 Å². The van der Waals surface area contributed by atoms with Crippen LogP contribution in [0, 0.1) is 17.0 Å². The third kappa shape index (κ3) is 2.37. The molecule has 0 atom stereocenters. The van der Waals surface area contributed by atoms with Crippen LogP contribution in [0.25, 0.3) is 0 Å². The molecule has 0 amide bonds. The van der Waals surface area contributed by atoms with Crippen molar-refractivity contribution in [2.45, 2.75) is 6.92 Å². The minimum Gasteiger partial charge on any atom is -0.448 e. The number of ether oxygens (including phenoxy) is 1. The molecule has 92 valence electrons. The smallest absolute Gasteiger partial charge is 0.311 e. The number of rotatable bonds is 3. The summed E-state index contributed by atoms with van der Waals surface area (Å²) in [6, 6.07) is 6.30. The fraction of sp³-hybridized carbons (Fsp3) is 0.0833. The molecule has 1 aromatic carbocycles. The van der Waals surface area contributed by atoms with Gasteiger partial charge in [0.2, 0.25) is 5.75 Å². The molecule has 0 aliphatic carbocycles. The lowest BCUT2D eigenvalue weighted by Crippen LogP contribution is -1.96. The Hall–Kier alpha value is -2.63. The Morgan fingerprint density at radius 3 is 2.83 bits per heavy atom. The number of nitrogens with zero attached hydrogens (tertiary/aromatic N) is 2. The molecule has 2 N–H and O–H groups in total. The van der Waals surface area contributed by atoms with Gasteiger partial charge in [-0.25, -0.2) is 0 Å². The van der Waals surface area contributed by atoms with Crippen LogP contribution in [-0.2, 0) is 0 Å². The van der Waals surface area contributed by atoms with E-state index in [9.17, 15) is 10.1 Å². The summed E-state index contributed by atoms with van der Waals surface area (Å²) in [6.07, 6.45) is 2.92. The number of hydrogen-bond acceptors (Lipinski definition) is 5. The zero-order chi connectivity index (χ0) is 13.1. The lowest BCUT2D eigenvalue weighted by molar-refractivity contribution is -0.385. The number of hydrogen-bond donors (Lipinski definition) is 1. The summed E-state index contributed by atoms with van der Waals surface area (Å²) in [5.74, 6) is 0.572. The Bertz CT molecular complexity index is 599. The predicted octanol–water partition coefficient (Wildman–Crippen LogP) is 2.67. The zero-order valence-electron chi connectivity index (χ0n) is 9.66. The van der Waals surface area contributed by atoms with Crippen molar-refractivity contribution in [2.24, 2.45) is 0 Å². The molecule has 2 rings (SSSR count). The SMILES string of the molecule is Cc1cccc([N+](=O)[O-])c1Oc1cncc(N)c1. The Morgan fingerprint density at radius 1 is 1.39 bits per heavy atom. The van der Waals surface area contributed by atoms with E-state index < -0.39 is 4.92 Å². The molecule has 0 saturated heterocycles. The van der Waals surface area contributed by atoms with Crippen LogP contribution in [0.4, 0.5) is 11.4 Å². The van der Waals surface area contributed by atoms with Crippen LogP contribution >= 0.6 is 0 Å². The normalized spacial score (nSPS) is 10.1. The summed E-state index contributed by atoms with van der Waals surface area (Å²) in [5.41, 5.74) is 6.59. The number of benzene rings is 1. The van der Waals surface area contributed by atoms with E-state index in [0.717, 1.165) is 0 Å². The fourth-order valence-electron chi connectivity index (χ4n) is 1.52. The first-order valence-electron chi connectivity index (χ1n) is 5.20. The first kappa shape index (κ1) is 11.8. The van der Waals surface area contributed by atoms with E-state index in [4.69, 9.17) is 10.5 Å². The van der Waals surface area contributed by atoms with Crippen molar-refractivity contribution in [3.8, 4) is 11.5 Å². The van der Waals surface area contributed by atoms with Gasteiger partial charge in [-0.05, 0) is 12.5 Å². The summed E-state index contributed by atoms with van der Waals surface area (Å²) in [7, 11) is 0. The van der Waals surface area contributed by atoms with Gasteiger partial charge in [-0.2, -0.15) is 0 Å². The van der Waals surface area contributed by atoms with E-state index in [-0.39, 0.29) is 11.4 Å². The summed E-state index contributed by atoms with van der Waals surface area (Å²) >= 11 is 0. The zero-order valence-corrected chi connectivity index (χ0v) is 9.66. The van der Waals surface area contributed by atoms with Gasteiger partial charge in [0.15, 0.2) is 0 Å². The largest absolute Gasteiger partial charge is 0.448 e. The number of aromatic nitrogens is 1. The van der Waals surface area contributed by atoms with Crippen LogP contribution in [0.15, 0.2) is 36.7 Å². The minimum absolute atomic E-state index is 0.0857. The number of anilines is 1. The fourth-order valence-corrected chi connectivity index (χ4v) is 1.52. The molecular formula is C12H11N3O3. The van der Waals surface area contributed by atoms with Gasteiger partial charge in [0.25, 0.3) is 0 Å². The molecule has 1 aromatic heterocycles. The third-order valence-corrected chi connectivity index (χ3v) is 2.34. The summed E-state index contributed by atoms with van der Waals surface area (Å²) in [4.78, 5) is 14.3. The molecule has 6 heteroatoms. The van der Waals surface area contributed by atoms with Crippen LogP contribution in [0.1, 0.15) is 5.56 Å². The maximum Gasteiger partial charge on any atom is 0.311 e. The monoisotopic (exact) mass is 245 g/mol. The maximum atomic E-state index is 10.9. The molecule has 0 spiro atoms. The van der Waals surface area contributed by atoms with Crippen molar-refractivity contribution < 1.29 is 9.66 Å². The highest BCUT2D eigenvalue weighted by atomic mass is 16.6. The van der Waals surface area contributed by atoms with Gasteiger partial charge >= 0.3 is 5.69 Å². The average Bonchev–Trinajstić information content (AvgIpc) is 2.31. The second kappa shape index (κ2) is 4.70.